The predicted octanol–water partition coefficient (Wildman–Crippen LogP) is 0.774. The molecule has 0 saturated carbocycles. The van der Waals surface area contributed by atoms with Gasteiger partial charge in [-0.1, -0.05) is 18.2 Å². The zero-order chi connectivity index (χ0) is 18.9. The largest absolute Gasteiger partial charge is 0.369 e. The molecule has 0 spiro atoms. The number of fused-ring (bicyclic) bond motifs is 1. The lowest BCUT2D eigenvalue weighted by Crippen LogP contribution is -2.47. The van der Waals surface area contributed by atoms with Gasteiger partial charge in [0.2, 0.25) is 0 Å². The molecule has 1 amide bonds. The molecule has 9 heteroatoms. The molecule has 8 nitrogen and oxygen atoms in total. The van der Waals surface area contributed by atoms with E-state index in [0.717, 1.165) is 5.39 Å². The second-order valence-electron chi connectivity index (χ2n) is 6.20. The first-order valence-electron chi connectivity index (χ1n) is 8.25. The zero-order valence-electron chi connectivity index (χ0n) is 15.0. The summed E-state index contributed by atoms with van der Waals surface area (Å²) in [5.41, 5.74) is 1.70. The molecule has 0 bridgehead atoms. The van der Waals surface area contributed by atoms with Crippen LogP contribution in [0.1, 0.15) is 22.2 Å². The molecule has 1 unspecified atom stereocenters. The van der Waals surface area contributed by atoms with Crippen molar-refractivity contribution < 1.29 is 17.9 Å². The van der Waals surface area contributed by atoms with Gasteiger partial charge in [0, 0.05) is 39.6 Å². The third-order valence-corrected chi connectivity index (χ3v) is 6.26. The second kappa shape index (κ2) is 7.28. The number of nitrogens with one attached hydrogen (secondary N) is 1. The first-order chi connectivity index (χ1) is 12.3. The van der Waals surface area contributed by atoms with E-state index in [0.29, 0.717) is 16.8 Å². The molecule has 0 aliphatic carbocycles. The Bertz CT molecular complexity index is 930. The first-order valence-corrected chi connectivity index (χ1v) is 9.65. The molecule has 1 atom stereocenters. The number of carbonyl (C=O) groups excluding carboxylic acids is 1. The molecular weight excluding hydrogens is 356 g/mol. The third kappa shape index (κ3) is 3.43. The van der Waals surface area contributed by atoms with Gasteiger partial charge in [0.05, 0.1) is 23.4 Å². The molecule has 1 aliphatic rings. The van der Waals surface area contributed by atoms with E-state index in [1.807, 2.05) is 24.3 Å². The van der Waals surface area contributed by atoms with Crippen LogP contribution in [0.15, 0.2) is 30.3 Å². The Labute approximate surface area is 152 Å². The molecule has 1 fully saturated rings. The van der Waals surface area contributed by atoms with Gasteiger partial charge >= 0.3 is 0 Å². The van der Waals surface area contributed by atoms with E-state index in [4.69, 9.17) is 4.74 Å². The number of pyridine rings is 1. The van der Waals surface area contributed by atoms with Gasteiger partial charge < -0.3 is 10.1 Å². The van der Waals surface area contributed by atoms with Crippen molar-refractivity contribution in [2.24, 2.45) is 0 Å². The van der Waals surface area contributed by atoms with Crippen LogP contribution < -0.4 is 5.32 Å². The van der Waals surface area contributed by atoms with E-state index in [1.165, 1.54) is 22.7 Å². The van der Waals surface area contributed by atoms with Crippen LogP contribution in [0.25, 0.3) is 10.9 Å². The molecule has 2 aromatic rings. The molecule has 1 N–H and O–H groups in total. The van der Waals surface area contributed by atoms with Gasteiger partial charge in [-0.2, -0.15) is 17.0 Å². The Morgan fingerprint density at radius 1 is 1.35 bits per heavy atom. The zero-order valence-corrected chi connectivity index (χ0v) is 15.8. The number of hydrogen-bond acceptors (Lipinski definition) is 5. The van der Waals surface area contributed by atoms with Gasteiger partial charge in [-0.25, -0.2) is 4.98 Å². The quantitative estimate of drug-likeness (QED) is 0.849. The molecular formula is C17H22N4O4S. The number of aromatic nitrogens is 1. The van der Waals surface area contributed by atoms with Crippen molar-refractivity contribution >= 4 is 27.0 Å². The average Bonchev–Trinajstić information content (AvgIpc) is 2.66. The molecule has 1 aliphatic heterocycles. The standard InChI is InChI=1S/C17H22N4O4S/c1-18-17(22)13-10-15(19-14-7-5-4-6-12(13)14)16-11-21(8-9-25-16)26(23,24)20(2)3/h4-7,10,16H,8-9,11H2,1-3H3,(H,18,22). The number of nitrogens with zero attached hydrogens (tertiary/aromatic N) is 3. The number of rotatable bonds is 4. The number of morpholine rings is 1. The van der Waals surface area contributed by atoms with Crippen molar-refractivity contribution in [3.63, 3.8) is 0 Å². The molecule has 26 heavy (non-hydrogen) atoms. The molecule has 1 saturated heterocycles. The van der Waals surface area contributed by atoms with Gasteiger partial charge in [0.1, 0.15) is 6.10 Å². The van der Waals surface area contributed by atoms with Gasteiger partial charge in [-0.15, -0.1) is 0 Å². The monoisotopic (exact) mass is 378 g/mol. The van der Waals surface area contributed by atoms with E-state index in [9.17, 15) is 13.2 Å². The fourth-order valence-corrected chi connectivity index (χ4v) is 4.02. The van der Waals surface area contributed by atoms with Gasteiger partial charge in [0.25, 0.3) is 16.1 Å². The van der Waals surface area contributed by atoms with Crippen LogP contribution >= 0.6 is 0 Å². The minimum atomic E-state index is -3.53. The molecule has 3 rings (SSSR count). The van der Waals surface area contributed by atoms with E-state index in [2.05, 4.69) is 10.3 Å². The van der Waals surface area contributed by atoms with Crippen molar-refractivity contribution in [2.75, 3.05) is 40.8 Å². The topological polar surface area (TPSA) is 91.8 Å². The Morgan fingerprint density at radius 3 is 2.77 bits per heavy atom. The van der Waals surface area contributed by atoms with Crippen molar-refractivity contribution in [2.45, 2.75) is 6.10 Å². The summed E-state index contributed by atoms with van der Waals surface area (Å²) >= 11 is 0. The van der Waals surface area contributed by atoms with E-state index < -0.39 is 16.3 Å². The summed E-state index contributed by atoms with van der Waals surface area (Å²) in [6.07, 6.45) is -0.536. The molecule has 1 aromatic heterocycles. The lowest BCUT2D eigenvalue weighted by atomic mass is 10.0. The first kappa shape index (κ1) is 18.7. The number of hydrogen-bond donors (Lipinski definition) is 1. The minimum absolute atomic E-state index is 0.152. The summed E-state index contributed by atoms with van der Waals surface area (Å²) in [6.45, 7) is 0.702. The highest BCUT2D eigenvalue weighted by Crippen LogP contribution is 2.27. The Hall–Kier alpha value is -2.07. The smallest absolute Gasteiger partial charge is 0.281 e. The fraction of sp³-hybridized carbons (Fsp3) is 0.412. The summed E-state index contributed by atoms with van der Waals surface area (Å²) in [6, 6.07) is 9.02. The van der Waals surface area contributed by atoms with E-state index in [-0.39, 0.29) is 25.6 Å². The van der Waals surface area contributed by atoms with Crippen LogP contribution in [0.2, 0.25) is 0 Å². The van der Waals surface area contributed by atoms with Crippen molar-refractivity contribution in [1.29, 1.82) is 0 Å². The van der Waals surface area contributed by atoms with Gasteiger partial charge in [-0.3, -0.25) is 4.79 Å². The molecule has 2 heterocycles. The van der Waals surface area contributed by atoms with Gasteiger partial charge in [-0.05, 0) is 12.1 Å². The van der Waals surface area contributed by atoms with Crippen LogP contribution in [-0.2, 0) is 14.9 Å². The Morgan fingerprint density at radius 2 is 2.08 bits per heavy atom. The normalized spacial score (nSPS) is 19.0. The third-order valence-electron chi connectivity index (χ3n) is 4.35. The van der Waals surface area contributed by atoms with E-state index >= 15 is 0 Å². The molecule has 0 radical (unpaired) electrons. The maximum atomic E-state index is 12.4. The Kier molecular flexibility index (Phi) is 5.24. The summed E-state index contributed by atoms with van der Waals surface area (Å²) in [7, 11) is 1.03. The lowest BCUT2D eigenvalue weighted by Gasteiger charge is -2.33. The van der Waals surface area contributed by atoms with Crippen molar-refractivity contribution in [3.05, 3.63) is 41.6 Å². The van der Waals surface area contributed by atoms with Crippen molar-refractivity contribution in [3.8, 4) is 0 Å². The number of carbonyl (C=O) groups is 1. The number of ether oxygens (including phenoxy) is 1. The Balaban J connectivity index is 2.01. The van der Waals surface area contributed by atoms with Gasteiger partial charge in [0.15, 0.2) is 0 Å². The minimum Gasteiger partial charge on any atom is -0.369 e. The maximum Gasteiger partial charge on any atom is 0.281 e. The average molecular weight is 378 g/mol. The summed E-state index contributed by atoms with van der Waals surface area (Å²) in [4.78, 5) is 16.9. The number of para-hydroxylation sites is 1. The summed E-state index contributed by atoms with van der Waals surface area (Å²) < 4.78 is 33.1. The van der Waals surface area contributed by atoms with Crippen molar-refractivity contribution in [1.82, 2.24) is 18.9 Å². The molecule has 140 valence electrons. The maximum absolute atomic E-state index is 12.4. The van der Waals surface area contributed by atoms with Crippen LogP contribution in [0.5, 0.6) is 0 Å². The summed E-state index contributed by atoms with van der Waals surface area (Å²) in [5.74, 6) is -0.224. The number of amides is 1. The van der Waals surface area contributed by atoms with E-state index in [1.54, 1.807) is 13.1 Å². The predicted molar refractivity (Wildman–Crippen MR) is 98.0 cm³/mol. The van der Waals surface area contributed by atoms with Crippen LogP contribution in [0.3, 0.4) is 0 Å². The second-order valence-corrected chi connectivity index (χ2v) is 8.34. The fourth-order valence-electron chi connectivity index (χ4n) is 2.93. The summed E-state index contributed by atoms with van der Waals surface area (Å²) in [5, 5.41) is 3.37. The SMILES string of the molecule is CNC(=O)c1cc(C2CN(S(=O)(=O)N(C)C)CCO2)nc2ccccc12. The van der Waals surface area contributed by atoms with Crippen LogP contribution in [-0.4, -0.2) is 68.8 Å². The van der Waals surface area contributed by atoms with Crippen LogP contribution in [0.4, 0.5) is 0 Å². The molecule has 1 aromatic carbocycles. The van der Waals surface area contributed by atoms with Crippen LogP contribution in [0, 0.1) is 0 Å². The highest BCUT2D eigenvalue weighted by atomic mass is 32.2. The lowest BCUT2D eigenvalue weighted by molar-refractivity contribution is -0.00608. The number of benzene rings is 1. The highest BCUT2D eigenvalue weighted by Gasteiger charge is 2.32. The highest BCUT2D eigenvalue weighted by molar-refractivity contribution is 7.86.